The van der Waals surface area contributed by atoms with Crippen molar-refractivity contribution in [1.82, 2.24) is 0 Å². The van der Waals surface area contributed by atoms with Crippen LogP contribution >= 0.6 is 7.82 Å². The molecule has 60 heavy (non-hydrogen) atoms. The standard InChI is InChI=1S/C50H86NO8P/c1-6-8-10-12-14-16-18-20-22-23-24-25-26-27-29-30-32-34-36-38-40-42-49(52)56-46-48(47-58-60(54,55)57-45-44-51(3,4)5)59-50(53)43-41-39-37-35-33-31-28-21-19-17-15-13-11-9-7-2/h15,17,21-23,25-26,28-30,33-36,48H,6-14,16,18-20,24,27,31-32,37-47H2,1-5H3/b17-15+,23-22+,26-25+,28-21+,30-29+,35-33+,36-34+/t48-/m0/s1. The van der Waals surface area contributed by atoms with Gasteiger partial charge in [0.2, 0.25) is 0 Å². The van der Waals surface area contributed by atoms with E-state index in [1.54, 1.807) is 0 Å². The summed E-state index contributed by atoms with van der Waals surface area (Å²) in [6.07, 6.45) is 53.4. The number of quaternary nitrogens is 1. The number of ether oxygens (including phenoxy) is 2. The Morgan fingerprint density at radius 2 is 0.917 bits per heavy atom. The molecule has 0 aromatic heterocycles. The van der Waals surface area contributed by atoms with Crippen LogP contribution in [0.15, 0.2) is 85.1 Å². The van der Waals surface area contributed by atoms with Crippen molar-refractivity contribution in [3.8, 4) is 0 Å². The average Bonchev–Trinajstić information content (AvgIpc) is 3.20. The van der Waals surface area contributed by atoms with Crippen molar-refractivity contribution in [1.29, 1.82) is 0 Å². The van der Waals surface area contributed by atoms with Crippen LogP contribution in [0.1, 0.15) is 168 Å². The third kappa shape index (κ3) is 44.7. The van der Waals surface area contributed by atoms with E-state index < -0.39 is 32.5 Å². The second kappa shape index (κ2) is 41.5. The quantitative estimate of drug-likeness (QED) is 0.0196. The minimum atomic E-state index is -4.65. The highest BCUT2D eigenvalue weighted by atomic mass is 31.2. The number of carbonyl (C=O) groups is 2. The maximum absolute atomic E-state index is 12.7. The van der Waals surface area contributed by atoms with Gasteiger partial charge in [-0.3, -0.25) is 14.2 Å². The van der Waals surface area contributed by atoms with E-state index >= 15 is 0 Å². The predicted molar refractivity (Wildman–Crippen MR) is 249 cm³/mol. The van der Waals surface area contributed by atoms with Crippen LogP contribution in [0.5, 0.6) is 0 Å². The summed E-state index contributed by atoms with van der Waals surface area (Å²) < 4.78 is 33.8. The van der Waals surface area contributed by atoms with Crippen LogP contribution in [0.2, 0.25) is 0 Å². The predicted octanol–water partition coefficient (Wildman–Crippen LogP) is 12.9. The normalized spacial score (nSPS) is 14.3. The molecular formula is C50H86NO8P. The van der Waals surface area contributed by atoms with Gasteiger partial charge in [-0.15, -0.1) is 0 Å². The largest absolute Gasteiger partial charge is 0.756 e. The molecule has 9 nitrogen and oxygen atoms in total. The number of esters is 2. The first-order chi connectivity index (χ1) is 29.0. The van der Waals surface area contributed by atoms with E-state index in [4.69, 9.17) is 18.5 Å². The molecule has 0 saturated heterocycles. The van der Waals surface area contributed by atoms with E-state index in [2.05, 4.69) is 98.9 Å². The Morgan fingerprint density at radius 1 is 0.517 bits per heavy atom. The Hall–Kier alpha value is -2.81. The molecule has 2 atom stereocenters. The smallest absolute Gasteiger partial charge is 0.306 e. The van der Waals surface area contributed by atoms with Crippen molar-refractivity contribution in [2.45, 2.75) is 174 Å². The fourth-order valence-electron chi connectivity index (χ4n) is 5.71. The minimum Gasteiger partial charge on any atom is -0.756 e. The van der Waals surface area contributed by atoms with Crippen LogP contribution in [0.25, 0.3) is 0 Å². The molecule has 0 aliphatic rings. The number of hydrogen-bond acceptors (Lipinski definition) is 8. The molecule has 0 amide bonds. The molecule has 0 heterocycles. The number of rotatable bonds is 41. The number of likely N-dealkylation sites (N-methyl/N-ethyl adjacent to an activating group) is 1. The van der Waals surface area contributed by atoms with Gasteiger partial charge in [-0.25, -0.2) is 0 Å². The van der Waals surface area contributed by atoms with Gasteiger partial charge in [0.25, 0.3) is 7.82 Å². The molecule has 0 radical (unpaired) electrons. The molecule has 0 aliphatic carbocycles. The molecule has 344 valence electrons. The zero-order valence-electron chi connectivity index (χ0n) is 38.6. The number of phosphoric acid groups is 1. The summed E-state index contributed by atoms with van der Waals surface area (Å²) in [5.41, 5.74) is 0. The second-order valence-electron chi connectivity index (χ2n) is 16.4. The molecule has 0 N–H and O–H groups in total. The van der Waals surface area contributed by atoms with E-state index in [1.165, 1.54) is 70.6 Å². The van der Waals surface area contributed by atoms with Gasteiger partial charge in [0.05, 0.1) is 27.7 Å². The lowest BCUT2D eigenvalue weighted by Crippen LogP contribution is -2.37. The lowest BCUT2D eigenvalue weighted by molar-refractivity contribution is -0.870. The third-order valence-corrected chi connectivity index (χ3v) is 10.4. The van der Waals surface area contributed by atoms with Crippen molar-refractivity contribution in [2.24, 2.45) is 0 Å². The van der Waals surface area contributed by atoms with Crippen molar-refractivity contribution in [3.05, 3.63) is 85.1 Å². The number of nitrogens with zero attached hydrogens (tertiary/aromatic N) is 1. The van der Waals surface area contributed by atoms with E-state index in [0.29, 0.717) is 23.9 Å². The molecule has 0 aromatic rings. The van der Waals surface area contributed by atoms with Crippen LogP contribution in [-0.4, -0.2) is 70.0 Å². The fourth-order valence-corrected chi connectivity index (χ4v) is 6.44. The average molecular weight is 860 g/mol. The van der Waals surface area contributed by atoms with E-state index in [1.807, 2.05) is 21.1 Å². The first-order valence-corrected chi connectivity index (χ1v) is 24.8. The molecule has 0 aliphatic heterocycles. The van der Waals surface area contributed by atoms with Crippen molar-refractivity contribution >= 4 is 19.8 Å². The zero-order chi connectivity index (χ0) is 44.3. The Labute approximate surface area is 367 Å². The van der Waals surface area contributed by atoms with Crippen molar-refractivity contribution < 1.29 is 42.1 Å². The third-order valence-electron chi connectivity index (χ3n) is 9.39. The van der Waals surface area contributed by atoms with Gasteiger partial charge in [0.1, 0.15) is 19.8 Å². The summed E-state index contributed by atoms with van der Waals surface area (Å²) >= 11 is 0. The van der Waals surface area contributed by atoms with Gasteiger partial charge in [-0.1, -0.05) is 150 Å². The first kappa shape index (κ1) is 57.2. The van der Waals surface area contributed by atoms with E-state index in [0.717, 1.165) is 57.8 Å². The maximum atomic E-state index is 12.7. The molecule has 0 saturated carbocycles. The lowest BCUT2D eigenvalue weighted by Gasteiger charge is -2.28. The molecular weight excluding hydrogens is 774 g/mol. The maximum Gasteiger partial charge on any atom is 0.306 e. The highest BCUT2D eigenvalue weighted by Gasteiger charge is 2.21. The number of unbranched alkanes of at least 4 members (excludes halogenated alkanes) is 13. The topological polar surface area (TPSA) is 111 Å². The van der Waals surface area contributed by atoms with Crippen LogP contribution in [-0.2, 0) is 32.7 Å². The Balaban J connectivity index is 4.48. The van der Waals surface area contributed by atoms with E-state index in [-0.39, 0.29) is 26.1 Å². The molecule has 0 spiro atoms. The van der Waals surface area contributed by atoms with Gasteiger partial charge in [0, 0.05) is 12.8 Å². The molecule has 0 fully saturated rings. The number of carbonyl (C=O) groups excluding carboxylic acids is 2. The van der Waals surface area contributed by atoms with Crippen LogP contribution in [0.3, 0.4) is 0 Å². The number of phosphoric ester groups is 1. The highest BCUT2D eigenvalue weighted by Crippen LogP contribution is 2.38. The molecule has 0 rings (SSSR count). The number of allylic oxidation sites excluding steroid dienone is 14. The van der Waals surface area contributed by atoms with Gasteiger partial charge in [-0.2, -0.15) is 0 Å². The Bertz CT molecular complexity index is 1290. The Kier molecular flexibility index (Phi) is 39.6. The second-order valence-corrected chi connectivity index (χ2v) is 17.8. The fraction of sp³-hybridized carbons (Fsp3) is 0.680. The van der Waals surface area contributed by atoms with Gasteiger partial charge >= 0.3 is 11.9 Å². The van der Waals surface area contributed by atoms with Crippen molar-refractivity contribution in [2.75, 3.05) is 47.5 Å². The first-order valence-electron chi connectivity index (χ1n) is 23.3. The lowest BCUT2D eigenvalue weighted by atomic mass is 10.1. The summed E-state index contributed by atoms with van der Waals surface area (Å²) in [7, 11) is 1.10. The van der Waals surface area contributed by atoms with Gasteiger partial charge in [0.15, 0.2) is 6.10 Å². The van der Waals surface area contributed by atoms with Crippen molar-refractivity contribution in [3.63, 3.8) is 0 Å². The molecule has 10 heteroatoms. The monoisotopic (exact) mass is 860 g/mol. The zero-order valence-corrected chi connectivity index (χ0v) is 39.5. The molecule has 0 bridgehead atoms. The SMILES string of the molecule is CCCCC/C=C/C/C=C/C/C=C/CCCCC(=O)O[C@@H](COC(=O)CCC/C=C/C/C=C/C/C=C/C/C=C/CCCCCCCCC)COP(=O)([O-])OCC[N+](C)(C)C. The summed E-state index contributed by atoms with van der Waals surface area (Å²) in [6, 6.07) is 0. The Morgan fingerprint density at radius 3 is 1.42 bits per heavy atom. The van der Waals surface area contributed by atoms with Crippen LogP contribution in [0, 0.1) is 0 Å². The minimum absolute atomic E-state index is 0.0510. The van der Waals surface area contributed by atoms with E-state index in [9.17, 15) is 19.0 Å². The van der Waals surface area contributed by atoms with Gasteiger partial charge in [-0.05, 0) is 89.9 Å². The summed E-state index contributed by atoms with van der Waals surface area (Å²) in [5, 5.41) is 0. The van der Waals surface area contributed by atoms with Gasteiger partial charge < -0.3 is 27.9 Å². The van der Waals surface area contributed by atoms with Crippen LogP contribution < -0.4 is 4.89 Å². The molecule has 1 unspecified atom stereocenters. The summed E-state index contributed by atoms with van der Waals surface area (Å²) in [4.78, 5) is 37.5. The van der Waals surface area contributed by atoms with Crippen LogP contribution in [0.4, 0.5) is 0 Å². The number of hydrogen-bond donors (Lipinski definition) is 0. The molecule has 0 aromatic carbocycles. The highest BCUT2D eigenvalue weighted by molar-refractivity contribution is 7.45. The summed E-state index contributed by atoms with van der Waals surface area (Å²) in [6.45, 7) is 4.07. The summed E-state index contributed by atoms with van der Waals surface area (Å²) in [5.74, 6) is -0.952.